The molecule has 24 heavy (non-hydrogen) atoms. The van der Waals surface area contributed by atoms with E-state index in [4.69, 9.17) is 44.6 Å². The van der Waals surface area contributed by atoms with E-state index in [9.17, 15) is 4.79 Å². The van der Waals surface area contributed by atoms with Crippen molar-refractivity contribution >= 4 is 52.0 Å². The number of ketones is 1. The van der Waals surface area contributed by atoms with Crippen LogP contribution in [0.25, 0.3) is 0 Å². The summed E-state index contributed by atoms with van der Waals surface area (Å²) in [4.78, 5) is 12.3. The highest BCUT2D eigenvalue weighted by Gasteiger charge is 2.29. The Morgan fingerprint density at radius 1 is 1.29 bits per heavy atom. The predicted octanol–water partition coefficient (Wildman–Crippen LogP) is 4.69. The van der Waals surface area contributed by atoms with Gasteiger partial charge >= 0.3 is 0 Å². The number of carbonyl (C=O) groups is 1. The van der Waals surface area contributed by atoms with Crippen LogP contribution in [-0.4, -0.2) is 16.7 Å². The van der Waals surface area contributed by atoms with Crippen LogP contribution in [0, 0.1) is 11.3 Å². The van der Waals surface area contributed by atoms with Crippen LogP contribution in [0.2, 0.25) is 15.1 Å². The second kappa shape index (κ2) is 6.81. The largest absolute Gasteiger partial charge is 0.360 e. The second-order valence-electron chi connectivity index (χ2n) is 5.16. The normalized spacial score (nSPS) is 14.3. The molecule has 0 spiro atoms. The van der Waals surface area contributed by atoms with Crippen LogP contribution in [0.15, 0.2) is 27.8 Å². The highest BCUT2D eigenvalue weighted by Crippen LogP contribution is 2.40. The minimum absolute atomic E-state index is 0.0474. The molecule has 1 aliphatic rings. The summed E-state index contributed by atoms with van der Waals surface area (Å²) in [6.45, 7) is 0. The van der Waals surface area contributed by atoms with Crippen LogP contribution in [0.5, 0.6) is 0 Å². The van der Waals surface area contributed by atoms with E-state index in [1.54, 1.807) is 12.1 Å². The van der Waals surface area contributed by atoms with E-state index in [1.165, 1.54) is 12.1 Å². The maximum atomic E-state index is 12.3. The summed E-state index contributed by atoms with van der Waals surface area (Å²) in [5.74, 6) is 0.338. The molecule has 122 valence electrons. The first kappa shape index (κ1) is 16.8. The lowest BCUT2D eigenvalue weighted by Gasteiger charge is -2.04. The zero-order valence-electron chi connectivity index (χ0n) is 12.0. The Bertz CT molecular complexity index is 858. The molecule has 0 atom stereocenters. The van der Waals surface area contributed by atoms with Gasteiger partial charge in [-0.05, 0) is 25.0 Å². The molecule has 1 aromatic carbocycles. The van der Waals surface area contributed by atoms with Gasteiger partial charge in [-0.1, -0.05) is 40.0 Å². The summed E-state index contributed by atoms with van der Waals surface area (Å²) in [6, 6.07) is 6.22. The van der Waals surface area contributed by atoms with Crippen LogP contribution < -0.4 is 5.43 Å². The van der Waals surface area contributed by atoms with Crippen LogP contribution in [-0.2, 0) is 0 Å². The highest BCUT2D eigenvalue weighted by molar-refractivity contribution is 6.51. The van der Waals surface area contributed by atoms with Gasteiger partial charge in [-0.15, -0.1) is 0 Å². The molecule has 6 nitrogen and oxygen atoms in total. The number of hydrogen-bond acceptors (Lipinski definition) is 6. The molecule has 0 amide bonds. The molecule has 1 N–H and O–H groups in total. The fraction of sp³-hybridized carbons (Fsp3) is 0.200. The van der Waals surface area contributed by atoms with Crippen molar-refractivity contribution in [1.29, 1.82) is 5.26 Å². The van der Waals surface area contributed by atoms with Crippen LogP contribution in [0.4, 0.5) is 5.69 Å². The van der Waals surface area contributed by atoms with Crippen molar-refractivity contribution in [2.45, 2.75) is 18.8 Å². The van der Waals surface area contributed by atoms with Gasteiger partial charge in [0.15, 0.2) is 5.69 Å². The monoisotopic (exact) mass is 382 g/mol. The van der Waals surface area contributed by atoms with Crippen molar-refractivity contribution in [2.75, 3.05) is 5.43 Å². The van der Waals surface area contributed by atoms with Crippen molar-refractivity contribution < 1.29 is 9.32 Å². The molecule has 9 heteroatoms. The molecule has 1 heterocycles. The molecular formula is C15H9Cl3N4O2. The minimum Gasteiger partial charge on any atom is -0.360 e. The van der Waals surface area contributed by atoms with Gasteiger partial charge in [-0.2, -0.15) is 10.4 Å². The molecule has 1 fully saturated rings. The van der Waals surface area contributed by atoms with Gasteiger partial charge in [0.25, 0.3) is 0 Å². The average Bonchev–Trinajstić information content (AvgIpc) is 3.30. The third kappa shape index (κ3) is 3.54. The molecule has 0 unspecified atom stereocenters. The molecule has 1 saturated carbocycles. The smallest absolute Gasteiger partial charge is 0.245 e. The number of rotatable bonds is 5. The second-order valence-corrected chi connectivity index (χ2v) is 6.35. The maximum absolute atomic E-state index is 12.3. The van der Waals surface area contributed by atoms with E-state index < -0.39 is 5.78 Å². The number of aromatic nitrogens is 1. The van der Waals surface area contributed by atoms with Gasteiger partial charge in [0.05, 0.1) is 20.8 Å². The molecular weight excluding hydrogens is 375 g/mol. The first-order chi connectivity index (χ1) is 11.5. The van der Waals surface area contributed by atoms with Crippen molar-refractivity contribution in [3.8, 4) is 6.07 Å². The number of nitriles is 1. The van der Waals surface area contributed by atoms with Crippen LogP contribution in [0.3, 0.4) is 0 Å². The van der Waals surface area contributed by atoms with E-state index >= 15 is 0 Å². The Morgan fingerprint density at radius 2 is 1.96 bits per heavy atom. The first-order valence-electron chi connectivity index (χ1n) is 6.89. The van der Waals surface area contributed by atoms with E-state index in [2.05, 4.69) is 15.7 Å². The number of nitrogens with one attached hydrogen (secondary N) is 1. The number of anilines is 1. The van der Waals surface area contributed by atoms with Crippen molar-refractivity contribution in [2.24, 2.45) is 5.10 Å². The molecule has 0 radical (unpaired) electrons. The van der Waals surface area contributed by atoms with Gasteiger partial charge in [0, 0.05) is 12.0 Å². The van der Waals surface area contributed by atoms with Crippen LogP contribution in [0.1, 0.15) is 35.0 Å². The van der Waals surface area contributed by atoms with Gasteiger partial charge in [-0.25, -0.2) is 0 Å². The summed E-state index contributed by atoms with van der Waals surface area (Å²) >= 11 is 17.7. The Labute approximate surface area is 152 Å². The number of benzene rings is 1. The molecule has 0 bridgehead atoms. The summed E-state index contributed by atoms with van der Waals surface area (Å²) < 4.78 is 5.11. The Kier molecular flexibility index (Phi) is 4.76. The minimum atomic E-state index is -0.633. The predicted molar refractivity (Wildman–Crippen MR) is 91.0 cm³/mol. The number of hydrogen-bond donors (Lipinski definition) is 1. The third-order valence-corrected chi connectivity index (χ3v) is 4.54. The molecule has 2 aromatic rings. The lowest BCUT2D eigenvalue weighted by Crippen LogP contribution is -2.14. The van der Waals surface area contributed by atoms with E-state index in [1.807, 2.05) is 0 Å². The summed E-state index contributed by atoms with van der Waals surface area (Å²) in [7, 11) is 0. The Balaban J connectivity index is 1.78. The lowest BCUT2D eigenvalue weighted by molar-refractivity contribution is 0.105. The zero-order chi connectivity index (χ0) is 17.3. The lowest BCUT2D eigenvalue weighted by atomic mass is 10.2. The Morgan fingerprint density at radius 3 is 2.54 bits per heavy atom. The topological polar surface area (TPSA) is 91.3 Å². The fourth-order valence-corrected chi connectivity index (χ4v) is 2.54. The maximum Gasteiger partial charge on any atom is 0.245 e. The Hall–Kier alpha value is -2.07. The molecule has 1 aliphatic carbocycles. The van der Waals surface area contributed by atoms with E-state index in [0.717, 1.165) is 12.8 Å². The summed E-state index contributed by atoms with van der Waals surface area (Å²) in [5.41, 5.74) is 2.62. The molecule has 1 aromatic heterocycles. The standard InChI is InChI=1S/C15H9Cl3N4O2/c16-9-3-8(4-10(17)14(9)18)20-21-12(6-19)15(23)11-5-13(24-22-11)7-1-2-7/h3-5,7,20H,1-2H2/b21-12+. The molecule has 0 aliphatic heterocycles. The van der Waals surface area contributed by atoms with Crippen molar-refractivity contribution in [3.05, 3.63) is 44.7 Å². The number of carbonyl (C=O) groups excluding carboxylic acids is 1. The van der Waals surface area contributed by atoms with Gasteiger partial charge < -0.3 is 4.52 Å². The third-order valence-electron chi connectivity index (χ3n) is 3.34. The first-order valence-corrected chi connectivity index (χ1v) is 8.02. The van der Waals surface area contributed by atoms with E-state index in [0.29, 0.717) is 17.4 Å². The number of halogens is 3. The van der Waals surface area contributed by atoms with Crippen molar-refractivity contribution in [3.63, 3.8) is 0 Å². The van der Waals surface area contributed by atoms with Crippen LogP contribution >= 0.6 is 34.8 Å². The zero-order valence-corrected chi connectivity index (χ0v) is 14.3. The fourth-order valence-electron chi connectivity index (χ4n) is 1.94. The van der Waals surface area contributed by atoms with Crippen molar-refractivity contribution in [1.82, 2.24) is 5.16 Å². The summed E-state index contributed by atoms with van der Waals surface area (Å²) in [6.07, 6.45) is 2.03. The molecule has 3 rings (SSSR count). The number of Topliss-reactive ketones (excluding diaryl/α,β-unsaturated/α-hetero) is 1. The highest BCUT2D eigenvalue weighted by atomic mass is 35.5. The van der Waals surface area contributed by atoms with E-state index in [-0.39, 0.29) is 26.5 Å². The average molecular weight is 384 g/mol. The quantitative estimate of drug-likeness (QED) is 0.350. The van der Waals surface area contributed by atoms with Gasteiger partial charge in [0.2, 0.25) is 11.5 Å². The van der Waals surface area contributed by atoms with Gasteiger partial charge in [-0.3, -0.25) is 10.2 Å². The number of nitrogens with zero attached hydrogens (tertiary/aromatic N) is 3. The summed E-state index contributed by atoms with van der Waals surface area (Å²) in [5, 5.41) is 17.3. The SMILES string of the molecule is N#C/C(=N\Nc1cc(Cl)c(Cl)c(Cl)c1)C(=O)c1cc(C2CC2)on1. The molecule has 0 saturated heterocycles. The number of hydrazone groups is 1. The van der Waals surface area contributed by atoms with Gasteiger partial charge in [0.1, 0.15) is 11.8 Å².